The molecule has 82 valence electrons. The summed E-state index contributed by atoms with van der Waals surface area (Å²) in [4.78, 5) is 12.9. The summed E-state index contributed by atoms with van der Waals surface area (Å²) in [6.45, 7) is 6.48. The van der Waals surface area contributed by atoms with Gasteiger partial charge in [-0.25, -0.2) is 0 Å². The van der Waals surface area contributed by atoms with Crippen LogP contribution in [0.25, 0.3) is 0 Å². The third-order valence-corrected chi connectivity index (χ3v) is 2.94. The maximum absolute atomic E-state index is 10.4. The second-order valence-electron chi connectivity index (χ2n) is 4.03. The van der Waals surface area contributed by atoms with Crippen molar-refractivity contribution in [3.63, 3.8) is 0 Å². The number of hydrogen-bond donors (Lipinski definition) is 0. The smallest absolute Gasteiger partial charge is 0.171 e. The lowest BCUT2D eigenvalue weighted by Gasteiger charge is -2.12. The molecule has 0 unspecified atom stereocenters. The van der Waals surface area contributed by atoms with Crippen molar-refractivity contribution < 1.29 is 4.79 Å². The van der Waals surface area contributed by atoms with E-state index in [1.807, 2.05) is 0 Å². The lowest BCUT2D eigenvalue weighted by molar-refractivity contribution is 0.111. The molecule has 5 nitrogen and oxygen atoms in total. The fourth-order valence-electron chi connectivity index (χ4n) is 2.07. The van der Waals surface area contributed by atoms with Gasteiger partial charge in [-0.05, 0) is 25.4 Å². The van der Waals surface area contributed by atoms with Crippen molar-refractivity contribution in [3.05, 3.63) is 11.9 Å². The van der Waals surface area contributed by atoms with Crippen LogP contribution in [0.5, 0.6) is 0 Å². The molecule has 1 atom stereocenters. The van der Waals surface area contributed by atoms with Crippen molar-refractivity contribution in [2.24, 2.45) is 5.92 Å². The zero-order valence-electron chi connectivity index (χ0n) is 8.96. The first-order valence-electron chi connectivity index (χ1n) is 5.39. The molecule has 0 aliphatic carbocycles. The Kier molecular flexibility index (Phi) is 3.11. The van der Waals surface area contributed by atoms with Crippen molar-refractivity contribution in [2.45, 2.75) is 19.9 Å². The van der Waals surface area contributed by atoms with E-state index in [4.69, 9.17) is 0 Å². The normalized spacial score (nSPS) is 22.1. The van der Waals surface area contributed by atoms with E-state index in [9.17, 15) is 4.79 Å². The molecule has 0 bridgehead atoms. The summed E-state index contributed by atoms with van der Waals surface area (Å²) in [6.07, 6.45) is 3.65. The van der Waals surface area contributed by atoms with Gasteiger partial charge in [0.05, 0.1) is 6.20 Å². The average Bonchev–Trinajstić information content (AvgIpc) is 2.87. The van der Waals surface area contributed by atoms with Crippen molar-refractivity contribution in [3.8, 4) is 0 Å². The Balaban J connectivity index is 1.89. The molecular formula is C10H16N4O. The number of aromatic nitrogens is 3. The van der Waals surface area contributed by atoms with Crippen molar-refractivity contribution in [1.29, 1.82) is 0 Å². The van der Waals surface area contributed by atoms with Gasteiger partial charge in [-0.3, -0.25) is 9.48 Å². The first-order chi connectivity index (χ1) is 7.31. The number of hydrogen-bond acceptors (Lipinski definition) is 4. The summed E-state index contributed by atoms with van der Waals surface area (Å²) in [5.41, 5.74) is 0.417. The highest BCUT2D eigenvalue weighted by Crippen LogP contribution is 2.17. The van der Waals surface area contributed by atoms with Crippen molar-refractivity contribution in [2.75, 3.05) is 19.6 Å². The van der Waals surface area contributed by atoms with Crippen LogP contribution in [0.2, 0.25) is 0 Å². The minimum atomic E-state index is 0.417. The fourth-order valence-corrected chi connectivity index (χ4v) is 2.07. The van der Waals surface area contributed by atoms with Crippen LogP contribution < -0.4 is 0 Å². The molecule has 1 fully saturated rings. The van der Waals surface area contributed by atoms with E-state index in [0.717, 1.165) is 25.9 Å². The highest BCUT2D eigenvalue weighted by Gasteiger charge is 2.21. The van der Waals surface area contributed by atoms with E-state index >= 15 is 0 Å². The largest absolute Gasteiger partial charge is 0.303 e. The van der Waals surface area contributed by atoms with E-state index in [1.165, 1.54) is 13.0 Å². The van der Waals surface area contributed by atoms with Gasteiger partial charge in [0.2, 0.25) is 0 Å². The van der Waals surface area contributed by atoms with Gasteiger partial charge in [0.1, 0.15) is 5.69 Å². The topological polar surface area (TPSA) is 51.0 Å². The quantitative estimate of drug-likeness (QED) is 0.673. The summed E-state index contributed by atoms with van der Waals surface area (Å²) in [6, 6.07) is 0. The lowest BCUT2D eigenvalue weighted by Crippen LogP contribution is -2.21. The number of carbonyl (C=O) groups excluding carboxylic acids is 1. The van der Waals surface area contributed by atoms with Gasteiger partial charge >= 0.3 is 0 Å². The molecule has 1 aromatic heterocycles. The summed E-state index contributed by atoms with van der Waals surface area (Å²) < 4.78 is 1.77. The summed E-state index contributed by atoms with van der Waals surface area (Å²) in [5, 5.41) is 7.67. The molecule has 1 aliphatic rings. The van der Waals surface area contributed by atoms with Gasteiger partial charge in [-0.2, -0.15) is 0 Å². The Hall–Kier alpha value is -1.23. The molecule has 2 heterocycles. The maximum Gasteiger partial charge on any atom is 0.171 e. The second kappa shape index (κ2) is 4.53. The summed E-state index contributed by atoms with van der Waals surface area (Å²) in [5.74, 6) is 0.645. The summed E-state index contributed by atoms with van der Waals surface area (Å²) in [7, 11) is 0. The third kappa shape index (κ3) is 2.41. The number of nitrogens with zero attached hydrogens (tertiary/aromatic N) is 4. The van der Waals surface area contributed by atoms with Crippen LogP contribution in [-0.4, -0.2) is 45.8 Å². The standard InChI is InChI=1S/C10H16N4O/c1-2-13-4-3-9(5-13)6-14-7-10(8-15)11-12-14/h7-9H,2-6H2,1H3/t9-/m1/s1. The lowest BCUT2D eigenvalue weighted by atomic mass is 10.1. The van der Waals surface area contributed by atoms with Gasteiger partial charge in [0.15, 0.2) is 6.29 Å². The van der Waals surface area contributed by atoms with E-state index in [1.54, 1.807) is 10.9 Å². The van der Waals surface area contributed by atoms with Gasteiger partial charge in [0, 0.05) is 13.1 Å². The van der Waals surface area contributed by atoms with E-state index in [-0.39, 0.29) is 0 Å². The average molecular weight is 208 g/mol. The molecule has 5 heteroatoms. The SMILES string of the molecule is CCN1CC[C@@H](Cn2cc(C=O)nn2)C1. The molecule has 1 aliphatic heterocycles. The molecule has 0 radical (unpaired) electrons. The van der Waals surface area contributed by atoms with Crippen LogP contribution in [0.1, 0.15) is 23.8 Å². The highest BCUT2D eigenvalue weighted by molar-refractivity contribution is 5.70. The first-order valence-corrected chi connectivity index (χ1v) is 5.39. The zero-order valence-corrected chi connectivity index (χ0v) is 8.96. The Bertz CT molecular complexity index is 336. The summed E-state index contributed by atoms with van der Waals surface area (Å²) >= 11 is 0. The molecule has 1 saturated heterocycles. The van der Waals surface area contributed by atoms with Gasteiger partial charge in [-0.15, -0.1) is 5.10 Å². The minimum absolute atomic E-state index is 0.417. The predicted octanol–water partition coefficient (Wildman–Crippen LogP) is 0.432. The molecule has 15 heavy (non-hydrogen) atoms. The molecular weight excluding hydrogens is 192 g/mol. The Morgan fingerprint density at radius 1 is 1.67 bits per heavy atom. The van der Waals surface area contributed by atoms with Crippen LogP contribution in [-0.2, 0) is 6.54 Å². The van der Waals surface area contributed by atoms with Gasteiger partial charge < -0.3 is 4.90 Å². The van der Waals surface area contributed by atoms with Crippen LogP contribution in [0, 0.1) is 5.92 Å². The second-order valence-corrected chi connectivity index (χ2v) is 4.03. The Labute approximate surface area is 89.1 Å². The Morgan fingerprint density at radius 3 is 3.13 bits per heavy atom. The molecule has 0 saturated carbocycles. The molecule has 1 aromatic rings. The maximum atomic E-state index is 10.4. The van der Waals surface area contributed by atoms with Gasteiger partial charge in [-0.1, -0.05) is 12.1 Å². The van der Waals surface area contributed by atoms with Crippen molar-refractivity contribution >= 4 is 6.29 Å². The zero-order chi connectivity index (χ0) is 10.7. The van der Waals surface area contributed by atoms with E-state index < -0.39 is 0 Å². The Morgan fingerprint density at radius 2 is 2.53 bits per heavy atom. The predicted molar refractivity (Wildman–Crippen MR) is 55.6 cm³/mol. The first kappa shape index (κ1) is 10.3. The van der Waals surface area contributed by atoms with Crippen LogP contribution in [0.15, 0.2) is 6.20 Å². The molecule has 2 rings (SSSR count). The fraction of sp³-hybridized carbons (Fsp3) is 0.700. The highest BCUT2D eigenvalue weighted by atomic mass is 16.1. The van der Waals surface area contributed by atoms with Crippen LogP contribution in [0.4, 0.5) is 0 Å². The van der Waals surface area contributed by atoms with Gasteiger partial charge in [0.25, 0.3) is 0 Å². The number of likely N-dealkylation sites (tertiary alicyclic amines) is 1. The molecule has 0 N–H and O–H groups in total. The number of rotatable bonds is 4. The third-order valence-electron chi connectivity index (χ3n) is 2.94. The van der Waals surface area contributed by atoms with Crippen LogP contribution in [0.3, 0.4) is 0 Å². The van der Waals surface area contributed by atoms with E-state index in [0.29, 0.717) is 11.6 Å². The number of aldehydes is 1. The van der Waals surface area contributed by atoms with Crippen molar-refractivity contribution in [1.82, 2.24) is 19.9 Å². The number of carbonyl (C=O) groups is 1. The van der Waals surface area contributed by atoms with Crippen LogP contribution >= 0.6 is 0 Å². The molecule has 0 amide bonds. The molecule has 0 aromatic carbocycles. The van der Waals surface area contributed by atoms with E-state index in [2.05, 4.69) is 22.1 Å². The molecule has 0 spiro atoms. The minimum Gasteiger partial charge on any atom is -0.303 e. The monoisotopic (exact) mass is 208 g/mol.